The van der Waals surface area contributed by atoms with Crippen molar-refractivity contribution in [2.24, 2.45) is 0 Å². The van der Waals surface area contributed by atoms with Gasteiger partial charge in [0.25, 0.3) is 0 Å². The van der Waals surface area contributed by atoms with E-state index < -0.39 is 0 Å². The monoisotopic (exact) mass is 405 g/mol. The number of rotatable bonds is 6. The summed E-state index contributed by atoms with van der Waals surface area (Å²) in [5, 5.41) is 12.9. The second-order valence-corrected chi connectivity index (χ2v) is 7.40. The van der Waals surface area contributed by atoms with Crippen LogP contribution in [0.5, 0.6) is 0 Å². The number of carbonyl (C=O) groups is 1. The summed E-state index contributed by atoms with van der Waals surface area (Å²) in [6.45, 7) is 1.54. The maximum Gasteiger partial charge on any atom is 0.157 e. The van der Waals surface area contributed by atoms with Gasteiger partial charge in [-0.25, -0.2) is 9.37 Å². The van der Waals surface area contributed by atoms with Crippen LogP contribution in [0.25, 0.3) is 21.8 Å². The first-order valence-corrected chi connectivity index (χ1v) is 9.66. The lowest BCUT2D eigenvalue weighted by molar-refractivity contribution is -0.116. The van der Waals surface area contributed by atoms with Gasteiger partial charge in [-0.2, -0.15) is 0 Å². The van der Waals surface area contributed by atoms with E-state index in [4.69, 9.17) is 0 Å². The van der Waals surface area contributed by atoms with E-state index in [0.717, 1.165) is 21.8 Å². The van der Waals surface area contributed by atoms with Crippen LogP contribution < -0.4 is 5.32 Å². The van der Waals surface area contributed by atoms with E-state index in [1.807, 2.05) is 24.3 Å². The van der Waals surface area contributed by atoms with Crippen LogP contribution in [0, 0.1) is 5.82 Å². The molecule has 0 atom stereocenters. The van der Waals surface area contributed by atoms with Gasteiger partial charge in [-0.15, -0.1) is 10.2 Å². The molecule has 0 spiro atoms. The standard InChI is InChI=1S/C21H16FN5OS/c1-13(28)12-18-26-27-21(29-18)15-4-8-17(9-5-15)25-20-19(23-10-11-24-20)14-2-6-16(22)7-3-14/h2-11H,12H2,1H3,(H,24,25). The van der Waals surface area contributed by atoms with Crippen molar-refractivity contribution in [2.75, 3.05) is 5.32 Å². The summed E-state index contributed by atoms with van der Waals surface area (Å²) in [6.07, 6.45) is 3.50. The Morgan fingerprint density at radius 2 is 1.66 bits per heavy atom. The molecule has 0 bridgehead atoms. The van der Waals surface area contributed by atoms with Crippen molar-refractivity contribution < 1.29 is 9.18 Å². The Labute approximate surface area is 170 Å². The molecular weight excluding hydrogens is 389 g/mol. The SMILES string of the molecule is CC(=O)Cc1nnc(-c2ccc(Nc3nccnc3-c3ccc(F)cc3)cc2)s1. The quantitative estimate of drug-likeness (QED) is 0.502. The molecule has 0 aliphatic rings. The molecule has 144 valence electrons. The highest BCUT2D eigenvalue weighted by atomic mass is 32.1. The summed E-state index contributed by atoms with van der Waals surface area (Å²) in [6, 6.07) is 13.8. The Kier molecular flexibility index (Phi) is 5.35. The second-order valence-electron chi connectivity index (χ2n) is 6.34. The molecule has 6 nitrogen and oxygen atoms in total. The van der Waals surface area contributed by atoms with Crippen molar-refractivity contribution in [2.45, 2.75) is 13.3 Å². The molecule has 0 aliphatic heterocycles. The first kappa shape index (κ1) is 18.8. The van der Waals surface area contributed by atoms with Crippen LogP contribution in [0.15, 0.2) is 60.9 Å². The van der Waals surface area contributed by atoms with Crippen molar-refractivity contribution in [3.63, 3.8) is 0 Å². The normalized spacial score (nSPS) is 10.7. The number of ketones is 1. The number of nitrogens with one attached hydrogen (secondary N) is 1. The van der Waals surface area contributed by atoms with Gasteiger partial charge in [-0.3, -0.25) is 9.78 Å². The van der Waals surface area contributed by atoms with Gasteiger partial charge in [0.15, 0.2) is 5.82 Å². The van der Waals surface area contributed by atoms with Crippen LogP contribution in [0.2, 0.25) is 0 Å². The summed E-state index contributed by atoms with van der Waals surface area (Å²) < 4.78 is 13.2. The van der Waals surface area contributed by atoms with Gasteiger partial charge in [0.1, 0.15) is 27.3 Å². The van der Waals surface area contributed by atoms with E-state index >= 15 is 0 Å². The largest absolute Gasteiger partial charge is 0.338 e. The highest BCUT2D eigenvalue weighted by molar-refractivity contribution is 7.14. The van der Waals surface area contributed by atoms with Crippen molar-refractivity contribution in [1.29, 1.82) is 0 Å². The smallest absolute Gasteiger partial charge is 0.157 e. The molecule has 0 saturated heterocycles. The van der Waals surface area contributed by atoms with Gasteiger partial charge in [0, 0.05) is 29.2 Å². The van der Waals surface area contributed by atoms with E-state index in [9.17, 15) is 9.18 Å². The fourth-order valence-corrected chi connectivity index (χ4v) is 3.65. The molecule has 4 aromatic rings. The van der Waals surface area contributed by atoms with Gasteiger partial charge < -0.3 is 5.32 Å². The predicted octanol–water partition coefficient (Wildman–Crippen LogP) is 4.68. The van der Waals surface area contributed by atoms with Crippen molar-refractivity contribution >= 4 is 28.6 Å². The number of anilines is 2. The Balaban J connectivity index is 1.55. The average molecular weight is 405 g/mol. The number of benzene rings is 2. The topological polar surface area (TPSA) is 80.7 Å². The van der Waals surface area contributed by atoms with E-state index in [2.05, 4.69) is 25.5 Å². The summed E-state index contributed by atoms with van der Waals surface area (Å²) in [5.74, 6) is 0.338. The van der Waals surface area contributed by atoms with Crippen molar-refractivity contribution in [3.05, 3.63) is 71.7 Å². The number of carbonyl (C=O) groups excluding carboxylic acids is 1. The minimum atomic E-state index is -0.300. The summed E-state index contributed by atoms with van der Waals surface area (Å²) in [4.78, 5) is 20.0. The third kappa shape index (κ3) is 4.49. The van der Waals surface area contributed by atoms with Crippen LogP contribution in [0.4, 0.5) is 15.9 Å². The Morgan fingerprint density at radius 1 is 0.966 bits per heavy atom. The third-order valence-electron chi connectivity index (χ3n) is 4.08. The molecular formula is C21H16FN5OS. The van der Waals surface area contributed by atoms with Crippen LogP contribution in [-0.2, 0) is 11.2 Å². The van der Waals surface area contributed by atoms with Gasteiger partial charge in [0.05, 0.1) is 6.42 Å². The summed E-state index contributed by atoms with van der Waals surface area (Å²) in [5.41, 5.74) is 3.15. The second kappa shape index (κ2) is 8.24. The number of aromatic nitrogens is 4. The minimum absolute atomic E-state index is 0.0631. The van der Waals surface area contributed by atoms with Crippen LogP contribution in [0.3, 0.4) is 0 Å². The van der Waals surface area contributed by atoms with Crippen LogP contribution >= 0.6 is 11.3 Å². The predicted molar refractivity (Wildman–Crippen MR) is 110 cm³/mol. The van der Waals surface area contributed by atoms with Gasteiger partial charge in [-0.1, -0.05) is 11.3 Å². The Bertz CT molecular complexity index is 1140. The molecule has 2 aromatic carbocycles. The minimum Gasteiger partial charge on any atom is -0.338 e. The zero-order valence-corrected chi connectivity index (χ0v) is 16.3. The molecule has 0 amide bonds. The Morgan fingerprint density at radius 3 is 2.38 bits per heavy atom. The maximum absolute atomic E-state index is 13.2. The molecule has 1 N–H and O–H groups in total. The molecule has 0 unspecified atom stereocenters. The van der Waals surface area contributed by atoms with Crippen molar-refractivity contribution in [3.8, 4) is 21.8 Å². The lowest BCUT2D eigenvalue weighted by Crippen LogP contribution is -1.98. The van der Waals surface area contributed by atoms with Gasteiger partial charge in [-0.05, 0) is 55.5 Å². The van der Waals surface area contributed by atoms with Crippen LogP contribution in [-0.4, -0.2) is 25.9 Å². The van der Waals surface area contributed by atoms with Gasteiger partial charge in [0.2, 0.25) is 0 Å². The van der Waals surface area contributed by atoms with Crippen molar-refractivity contribution in [1.82, 2.24) is 20.2 Å². The number of halogens is 1. The summed E-state index contributed by atoms with van der Waals surface area (Å²) >= 11 is 1.41. The fraction of sp³-hybridized carbons (Fsp3) is 0.0952. The zero-order chi connectivity index (χ0) is 20.2. The number of nitrogens with zero attached hydrogens (tertiary/aromatic N) is 4. The first-order chi connectivity index (χ1) is 14.1. The highest BCUT2D eigenvalue weighted by Crippen LogP contribution is 2.29. The molecule has 0 aliphatic carbocycles. The number of hydrogen-bond acceptors (Lipinski definition) is 7. The first-order valence-electron chi connectivity index (χ1n) is 8.85. The van der Waals surface area contributed by atoms with E-state index in [1.165, 1.54) is 30.4 Å². The third-order valence-corrected chi connectivity index (χ3v) is 5.05. The fourth-order valence-electron chi connectivity index (χ4n) is 2.74. The molecule has 2 aromatic heterocycles. The summed E-state index contributed by atoms with van der Waals surface area (Å²) in [7, 11) is 0. The molecule has 4 rings (SSSR count). The molecule has 0 radical (unpaired) electrons. The van der Waals surface area contributed by atoms with E-state index in [-0.39, 0.29) is 11.6 Å². The van der Waals surface area contributed by atoms with E-state index in [1.54, 1.807) is 24.5 Å². The highest BCUT2D eigenvalue weighted by Gasteiger charge is 2.11. The number of hydrogen-bond donors (Lipinski definition) is 1. The lowest BCUT2D eigenvalue weighted by atomic mass is 10.1. The van der Waals surface area contributed by atoms with Crippen LogP contribution in [0.1, 0.15) is 11.9 Å². The zero-order valence-electron chi connectivity index (χ0n) is 15.5. The van der Waals surface area contributed by atoms with E-state index in [0.29, 0.717) is 22.9 Å². The average Bonchev–Trinajstić information content (AvgIpc) is 3.17. The van der Waals surface area contributed by atoms with Gasteiger partial charge >= 0.3 is 0 Å². The lowest BCUT2D eigenvalue weighted by Gasteiger charge is -2.10. The Hall–Kier alpha value is -3.52. The molecule has 0 saturated carbocycles. The molecule has 8 heteroatoms. The molecule has 2 heterocycles. The maximum atomic E-state index is 13.2. The molecule has 0 fully saturated rings. The number of Topliss-reactive ketones (excluding diaryl/α,β-unsaturated/α-hetero) is 1. The molecule has 29 heavy (non-hydrogen) atoms.